The van der Waals surface area contributed by atoms with Crippen molar-refractivity contribution in [3.05, 3.63) is 11.6 Å². The van der Waals surface area contributed by atoms with Gasteiger partial charge in [0.1, 0.15) is 0 Å². The van der Waals surface area contributed by atoms with E-state index in [9.17, 15) is 5.11 Å². The largest absolute Gasteiger partial charge is 0.389 e. The fraction of sp³-hybridized carbons (Fsp3) is 0.875. The molecule has 3 heteroatoms. The maximum atomic E-state index is 9.84. The first kappa shape index (κ1) is 15.0. The fourth-order valence-corrected chi connectivity index (χ4v) is 3.01. The molecule has 0 spiro atoms. The normalized spacial score (nSPS) is 22.5. The number of nitrogens with one attached hydrogen (secondary N) is 1. The number of allylic oxidation sites excluding steroid dienone is 1. The van der Waals surface area contributed by atoms with Gasteiger partial charge in [-0.25, -0.2) is 0 Å². The van der Waals surface area contributed by atoms with Crippen molar-refractivity contribution in [2.45, 2.75) is 70.0 Å². The molecule has 0 heterocycles. The van der Waals surface area contributed by atoms with Gasteiger partial charge >= 0.3 is 0 Å². The molecule has 0 aromatic rings. The van der Waals surface area contributed by atoms with E-state index < -0.39 is 0 Å². The minimum atomic E-state index is -0.360. The summed E-state index contributed by atoms with van der Waals surface area (Å²) in [4.78, 5) is 0. The van der Waals surface area contributed by atoms with Crippen LogP contribution < -0.4 is 5.32 Å². The maximum Gasteiger partial charge on any atom is 0.0897 e. The average molecular weight is 267 g/mol. The minimum Gasteiger partial charge on any atom is -0.389 e. The van der Waals surface area contributed by atoms with Crippen LogP contribution in [0.25, 0.3) is 0 Å². The molecule has 0 saturated heterocycles. The molecule has 110 valence electrons. The van der Waals surface area contributed by atoms with E-state index in [1.165, 1.54) is 51.4 Å². The first-order chi connectivity index (χ1) is 9.34. The van der Waals surface area contributed by atoms with Crippen LogP contribution in [0.4, 0.5) is 0 Å². The van der Waals surface area contributed by atoms with E-state index in [1.807, 2.05) is 0 Å². The lowest BCUT2D eigenvalue weighted by Crippen LogP contribution is -2.32. The quantitative estimate of drug-likeness (QED) is 0.525. The standard InChI is InChI=1S/C16H29NO2/c18-15(13-19-16-8-4-5-9-16)12-17-11-10-14-6-2-1-3-7-14/h6,15-18H,1-5,7-13H2/t15-/m0/s1. The van der Waals surface area contributed by atoms with Crippen LogP contribution in [0, 0.1) is 0 Å². The molecule has 1 saturated carbocycles. The summed E-state index contributed by atoms with van der Waals surface area (Å²) in [5.74, 6) is 0. The Kier molecular flexibility index (Phi) is 6.90. The molecule has 3 nitrogen and oxygen atoms in total. The minimum absolute atomic E-state index is 0.360. The topological polar surface area (TPSA) is 41.5 Å². The Morgan fingerprint density at radius 1 is 1.26 bits per heavy atom. The highest BCUT2D eigenvalue weighted by atomic mass is 16.5. The summed E-state index contributed by atoms with van der Waals surface area (Å²) in [6, 6.07) is 0. The Bertz CT molecular complexity index is 272. The average Bonchev–Trinajstić information content (AvgIpc) is 2.96. The predicted octanol–water partition coefficient (Wildman–Crippen LogP) is 2.79. The SMILES string of the molecule is O[C@@H](CNCCC1=CCCCC1)COC1CCCC1. The van der Waals surface area contributed by atoms with E-state index in [1.54, 1.807) is 5.57 Å². The fourth-order valence-electron chi connectivity index (χ4n) is 3.01. The molecule has 2 aliphatic carbocycles. The second-order valence-electron chi connectivity index (χ2n) is 5.96. The highest BCUT2D eigenvalue weighted by molar-refractivity contribution is 5.05. The third kappa shape index (κ3) is 6.07. The van der Waals surface area contributed by atoms with Crippen LogP contribution in [0.5, 0.6) is 0 Å². The van der Waals surface area contributed by atoms with Crippen LogP contribution in [0.15, 0.2) is 11.6 Å². The number of hydrogen-bond acceptors (Lipinski definition) is 3. The van der Waals surface area contributed by atoms with E-state index in [-0.39, 0.29) is 6.10 Å². The summed E-state index contributed by atoms with van der Waals surface area (Å²) < 4.78 is 5.71. The van der Waals surface area contributed by atoms with E-state index in [4.69, 9.17) is 4.74 Å². The number of ether oxygens (including phenoxy) is 1. The van der Waals surface area contributed by atoms with Crippen LogP contribution in [0.3, 0.4) is 0 Å². The lowest BCUT2D eigenvalue weighted by atomic mass is 9.97. The van der Waals surface area contributed by atoms with Gasteiger partial charge in [-0.15, -0.1) is 0 Å². The second-order valence-corrected chi connectivity index (χ2v) is 5.96. The smallest absolute Gasteiger partial charge is 0.0897 e. The molecule has 0 amide bonds. The highest BCUT2D eigenvalue weighted by Crippen LogP contribution is 2.21. The molecule has 0 unspecified atom stereocenters. The Balaban J connectivity index is 1.46. The van der Waals surface area contributed by atoms with E-state index in [0.717, 1.165) is 13.0 Å². The monoisotopic (exact) mass is 267 g/mol. The molecule has 0 aromatic heterocycles. The van der Waals surface area contributed by atoms with Crippen molar-refractivity contribution in [2.24, 2.45) is 0 Å². The summed E-state index contributed by atoms with van der Waals surface area (Å²) >= 11 is 0. The molecule has 19 heavy (non-hydrogen) atoms. The van der Waals surface area contributed by atoms with Crippen molar-refractivity contribution in [2.75, 3.05) is 19.7 Å². The Morgan fingerprint density at radius 2 is 2.11 bits per heavy atom. The zero-order valence-electron chi connectivity index (χ0n) is 12.1. The zero-order valence-corrected chi connectivity index (χ0v) is 12.1. The lowest BCUT2D eigenvalue weighted by Gasteiger charge is -2.17. The van der Waals surface area contributed by atoms with Gasteiger partial charge in [-0.1, -0.05) is 24.5 Å². The van der Waals surface area contributed by atoms with Gasteiger partial charge in [0.25, 0.3) is 0 Å². The Morgan fingerprint density at radius 3 is 2.84 bits per heavy atom. The van der Waals surface area contributed by atoms with Gasteiger partial charge in [0.05, 0.1) is 18.8 Å². The van der Waals surface area contributed by atoms with E-state index >= 15 is 0 Å². The summed E-state index contributed by atoms with van der Waals surface area (Å²) in [7, 11) is 0. The summed E-state index contributed by atoms with van der Waals surface area (Å²) in [6.07, 6.45) is 13.7. The van der Waals surface area contributed by atoms with Gasteiger partial charge in [-0.2, -0.15) is 0 Å². The van der Waals surface area contributed by atoms with Crippen LogP contribution in [0.1, 0.15) is 57.8 Å². The van der Waals surface area contributed by atoms with Crippen LogP contribution in [0.2, 0.25) is 0 Å². The molecule has 0 aromatic carbocycles. The molecule has 2 N–H and O–H groups in total. The van der Waals surface area contributed by atoms with Crippen LogP contribution >= 0.6 is 0 Å². The molecule has 2 aliphatic rings. The van der Waals surface area contributed by atoms with Crippen molar-refractivity contribution in [1.82, 2.24) is 5.32 Å². The number of rotatable bonds is 8. The van der Waals surface area contributed by atoms with Crippen LogP contribution in [-0.4, -0.2) is 37.0 Å². The van der Waals surface area contributed by atoms with Crippen LogP contribution in [-0.2, 0) is 4.74 Å². The summed E-state index contributed by atoms with van der Waals surface area (Å²) in [5, 5.41) is 13.2. The molecule has 1 atom stereocenters. The number of hydrogen-bond donors (Lipinski definition) is 2. The highest BCUT2D eigenvalue weighted by Gasteiger charge is 2.16. The Hall–Kier alpha value is -0.380. The van der Waals surface area contributed by atoms with Crippen molar-refractivity contribution >= 4 is 0 Å². The molecular weight excluding hydrogens is 238 g/mol. The molecule has 0 bridgehead atoms. The maximum absolute atomic E-state index is 9.84. The first-order valence-electron chi connectivity index (χ1n) is 8.03. The summed E-state index contributed by atoms with van der Waals surface area (Å²) in [5.41, 5.74) is 1.59. The van der Waals surface area contributed by atoms with Gasteiger partial charge in [0, 0.05) is 6.54 Å². The predicted molar refractivity (Wildman–Crippen MR) is 78.3 cm³/mol. The number of aliphatic hydroxyl groups excluding tert-OH is 1. The van der Waals surface area contributed by atoms with Gasteiger partial charge in [-0.05, 0) is 51.5 Å². The molecule has 0 radical (unpaired) electrons. The summed E-state index contributed by atoms with van der Waals surface area (Å²) in [6.45, 7) is 2.12. The van der Waals surface area contributed by atoms with E-state index in [0.29, 0.717) is 19.3 Å². The van der Waals surface area contributed by atoms with Gasteiger partial charge in [0.2, 0.25) is 0 Å². The lowest BCUT2D eigenvalue weighted by molar-refractivity contribution is -0.00531. The van der Waals surface area contributed by atoms with E-state index in [2.05, 4.69) is 11.4 Å². The third-order valence-electron chi connectivity index (χ3n) is 4.21. The van der Waals surface area contributed by atoms with Gasteiger partial charge in [-0.3, -0.25) is 0 Å². The molecular formula is C16H29NO2. The van der Waals surface area contributed by atoms with Crippen molar-refractivity contribution in [1.29, 1.82) is 0 Å². The van der Waals surface area contributed by atoms with Crippen molar-refractivity contribution < 1.29 is 9.84 Å². The van der Waals surface area contributed by atoms with Crippen molar-refractivity contribution in [3.63, 3.8) is 0 Å². The molecule has 1 fully saturated rings. The molecule has 0 aliphatic heterocycles. The first-order valence-corrected chi connectivity index (χ1v) is 8.03. The number of aliphatic hydroxyl groups is 1. The molecule has 2 rings (SSSR count). The second kappa shape index (κ2) is 8.72. The van der Waals surface area contributed by atoms with Gasteiger partial charge < -0.3 is 15.2 Å². The van der Waals surface area contributed by atoms with Crippen molar-refractivity contribution in [3.8, 4) is 0 Å². The zero-order chi connectivity index (χ0) is 13.3. The third-order valence-corrected chi connectivity index (χ3v) is 4.21. The van der Waals surface area contributed by atoms with Gasteiger partial charge in [0.15, 0.2) is 0 Å². The Labute approximate surface area is 117 Å².